The van der Waals surface area contributed by atoms with Crippen molar-refractivity contribution in [1.82, 2.24) is 16.2 Å². The van der Waals surface area contributed by atoms with Gasteiger partial charge in [0.1, 0.15) is 10.6 Å². The zero-order chi connectivity index (χ0) is 20.1. The molecular weight excluding hydrogens is 420 g/mol. The van der Waals surface area contributed by atoms with E-state index in [9.17, 15) is 9.59 Å². The van der Waals surface area contributed by atoms with E-state index in [2.05, 4.69) is 21.5 Å². The lowest BCUT2D eigenvalue weighted by Gasteiger charge is -2.11. The van der Waals surface area contributed by atoms with Gasteiger partial charge in [0, 0.05) is 15.8 Å². The highest BCUT2D eigenvalue weighted by molar-refractivity contribution is 7.80. The number of ether oxygens (including phenoxy) is 1. The third kappa shape index (κ3) is 4.69. The smallest absolute Gasteiger partial charge is 0.337 e. The molecule has 3 amide bonds. The van der Waals surface area contributed by atoms with Crippen molar-refractivity contribution in [2.75, 3.05) is 12.4 Å². The normalized spacial score (nSPS) is 10.2. The average molecular weight is 435 g/mol. The van der Waals surface area contributed by atoms with Gasteiger partial charge in [0.05, 0.1) is 12.1 Å². The zero-order valence-electron chi connectivity index (χ0n) is 14.5. The van der Waals surface area contributed by atoms with Crippen LogP contribution in [0.2, 0.25) is 5.02 Å². The highest BCUT2D eigenvalue weighted by Gasteiger charge is 2.18. The molecule has 28 heavy (non-hydrogen) atoms. The van der Waals surface area contributed by atoms with Crippen molar-refractivity contribution in [3.8, 4) is 5.75 Å². The first kappa shape index (κ1) is 19.9. The number of carbonyl (C=O) groups excluding carboxylic acids is 2. The molecule has 0 aliphatic heterocycles. The van der Waals surface area contributed by atoms with Gasteiger partial charge in [-0.1, -0.05) is 29.8 Å². The Kier molecular flexibility index (Phi) is 6.30. The molecule has 0 radical (unpaired) electrons. The minimum absolute atomic E-state index is 0.0701. The topological polar surface area (TPSA) is 91.5 Å². The van der Waals surface area contributed by atoms with Gasteiger partial charge in [-0.25, -0.2) is 10.2 Å². The quantitative estimate of drug-likeness (QED) is 0.370. The van der Waals surface area contributed by atoms with Crippen molar-refractivity contribution in [3.63, 3.8) is 0 Å². The summed E-state index contributed by atoms with van der Waals surface area (Å²) in [5.74, 6) is 0.191. The number of benzene rings is 2. The van der Waals surface area contributed by atoms with Crippen LogP contribution in [-0.4, -0.2) is 24.2 Å². The average Bonchev–Trinajstić information content (AvgIpc) is 3.03. The molecule has 4 N–H and O–H groups in total. The number of carbonyl (C=O) groups is 2. The first-order valence-electron chi connectivity index (χ1n) is 7.97. The van der Waals surface area contributed by atoms with E-state index in [0.717, 1.165) is 10.1 Å². The Balaban J connectivity index is 1.58. The predicted octanol–water partition coefficient (Wildman–Crippen LogP) is 3.90. The van der Waals surface area contributed by atoms with E-state index in [4.69, 9.17) is 28.6 Å². The number of hydrogen-bond acceptors (Lipinski definition) is 5. The highest BCUT2D eigenvalue weighted by Crippen LogP contribution is 2.37. The molecule has 3 rings (SSSR count). The van der Waals surface area contributed by atoms with Gasteiger partial charge in [0.25, 0.3) is 5.91 Å². The number of urea groups is 1. The number of hydrazine groups is 1. The molecule has 10 heteroatoms. The van der Waals surface area contributed by atoms with Crippen LogP contribution in [0.15, 0.2) is 48.5 Å². The molecule has 0 aliphatic carbocycles. The Hall–Kier alpha value is -2.88. The maximum Gasteiger partial charge on any atom is 0.337 e. The first-order valence-corrected chi connectivity index (χ1v) is 9.57. The van der Waals surface area contributed by atoms with Crippen molar-refractivity contribution in [2.24, 2.45) is 0 Å². The fourth-order valence-corrected chi connectivity index (χ4v) is 3.89. The van der Waals surface area contributed by atoms with Crippen LogP contribution in [0.5, 0.6) is 5.75 Å². The van der Waals surface area contributed by atoms with Crippen molar-refractivity contribution < 1.29 is 14.3 Å². The van der Waals surface area contributed by atoms with Gasteiger partial charge in [-0.15, -0.1) is 11.3 Å². The Morgan fingerprint density at radius 1 is 1.11 bits per heavy atom. The lowest BCUT2D eigenvalue weighted by atomic mass is 10.2. The number of fused-ring (bicyclic) bond motifs is 1. The van der Waals surface area contributed by atoms with Crippen LogP contribution >= 0.6 is 35.2 Å². The Bertz CT molecular complexity index is 1040. The third-order valence-electron chi connectivity index (χ3n) is 3.59. The molecule has 0 spiro atoms. The first-order chi connectivity index (χ1) is 13.5. The van der Waals surface area contributed by atoms with E-state index in [1.807, 2.05) is 6.07 Å². The number of thiophene rings is 1. The van der Waals surface area contributed by atoms with Crippen molar-refractivity contribution >= 4 is 68.0 Å². The van der Waals surface area contributed by atoms with Crippen LogP contribution in [0.4, 0.5) is 10.5 Å². The van der Waals surface area contributed by atoms with Crippen molar-refractivity contribution in [1.29, 1.82) is 0 Å². The summed E-state index contributed by atoms with van der Waals surface area (Å²) in [6.07, 6.45) is 0. The minimum Gasteiger partial charge on any atom is -0.497 e. The van der Waals surface area contributed by atoms with Gasteiger partial charge in [0.15, 0.2) is 5.11 Å². The van der Waals surface area contributed by atoms with Crippen LogP contribution in [0, 0.1) is 0 Å². The van der Waals surface area contributed by atoms with Crippen molar-refractivity contribution in [3.05, 3.63) is 58.4 Å². The van der Waals surface area contributed by atoms with E-state index in [-0.39, 0.29) is 5.11 Å². The Labute approximate surface area is 175 Å². The maximum absolute atomic E-state index is 12.5. The molecular formula is C18H15ClN4O3S2. The number of amides is 3. The molecule has 0 unspecified atom stereocenters. The van der Waals surface area contributed by atoms with Crippen LogP contribution in [0.25, 0.3) is 10.1 Å². The van der Waals surface area contributed by atoms with Crippen LogP contribution in [0.1, 0.15) is 9.67 Å². The van der Waals surface area contributed by atoms with Gasteiger partial charge in [-0.05, 0) is 42.5 Å². The molecule has 1 heterocycles. The lowest BCUT2D eigenvalue weighted by Crippen LogP contribution is -2.49. The molecule has 144 valence electrons. The van der Waals surface area contributed by atoms with Gasteiger partial charge in [-0.2, -0.15) is 0 Å². The number of thiocarbonyl (C=S) groups is 1. The molecule has 0 fully saturated rings. The molecule has 2 aromatic carbocycles. The molecule has 1 aromatic heterocycles. The minimum atomic E-state index is -0.533. The lowest BCUT2D eigenvalue weighted by molar-refractivity contribution is 0.0980. The number of anilines is 1. The van der Waals surface area contributed by atoms with Gasteiger partial charge < -0.3 is 10.1 Å². The third-order valence-corrected chi connectivity index (χ3v) is 5.45. The molecule has 0 saturated carbocycles. The zero-order valence-corrected chi connectivity index (χ0v) is 16.9. The monoisotopic (exact) mass is 434 g/mol. The number of hydrogen-bond donors (Lipinski definition) is 4. The van der Waals surface area contributed by atoms with E-state index in [0.29, 0.717) is 21.3 Å². The Morgan fingerprint density at radius 3 is 2.57 bits per heavy atom. The SMILES string of the molecule is COc1ccc2c(Cl)c(C(=O)NC(=S)NNC(=O)Nc3ccccc3)sc2c1. The maximum atomic E-state index is 12.5. The predicted molar refractivity (Wildman–Crippen MR) is 115 cm³/mol. The van der Waals surface area contributed by atoms with Crippen LogP contribution < -0.4 is 26.2 Å². The highest BCUT2D eigenvalue weighted by atomic mass is 35.5. The van der Waals surface area contributed by atoms with Gasteiger partial charge in [-0.3, -0.25) is 15.5 Å². The molecule has 3 aromatic rings. The number of nitrogens with one attached hydrogen (secondary N) is 4. The molecule has 0 atom stereocenters. The Morgan fingerprint density at radius 2 is 1.86 bits per heavy atom. The summed E-state index contributed by atoms with van der Waals surface area (Å²) in [6, 6.07) is 13.7. The number of para-hydroxylation sites is 1. The molecule has 0 bridgehead atoms. The summed E-state index contributed by atoms with van der Waals surface area (Å²) in [5.41, 5.74) is 5.41. The summed E-state index contributed by atoms with van der Waals surface area (Å²) in [5, 5.41) is 6.09. The van der Waals surface area contributed by atoms with E-state index in [1.165, 1.54) is 11.3 Å². The molecule has 0 saturated heterocycles. The number of halogens is 1. The second kappa shape index (κ2) is 8.87. The standard InChI is InChI=1S/C18H15ClN4O3S2/c1-26-11-7-8-12-13(9-11)28-15(14(12)19)16(24)21-18(27)23-22-17(25)20-10-5-3-2-4-6-10/h2-9H,1H3,(H2,20,22,25)(H2,21,23,24,27). The van der Waals surface area contributed by atoms with Gasteiger partial charge >= 0.3 is 6.03 Å². The second-order valence-electron chi connectivity index (χ2n) is 5.46. The van der Waals surface area contributed by atoms with E-state index in [1.54, 1.807) is 49.6 Å². The van der Waals surface area contributed by atoms with Gasteiger partial charge in [0.2, 0.25) is 0 Å². The second-order valence-corrected chi connectivity index (χ2v) is 7.30. The molecule has 7 nitrogen and oxygen atoms in total. The van der Waals surface area contributed by atoms with E-state index >= 15 is 0 Å². The fourth-order valence-electron chi connectivity index (χ4n) is 2.31. The van der Waals surface area contributed by atoms with Crippen LogP contribution in [0.3, 0.4) is 0 Å². The summed E-state index contributed by atoms with van der Waals surface area (Å²) < 4.78 is 5.99. The van der Waals surface area contributed by atoms with Crippen molar-refractivity contribution in [2.45, 2.75) is 0 Å². The summed E-state index contributed by atoms with van der Waals surface area (Å²) in [6.45, 7) is 0. The number of methoxy groups -OCH3 is 1. The largest absolute Gasteiger partial charge is 0.497 e. The van der Waals surface area contributed by atoms with E-state index < -0.39 is 11.9 Å². The summed E-state index contributed by atoms with van der Waals surface area (Å²) in [7, 11) is 1.56. The molecule has 0 aliphatic rings. The summed E-state index contributed by atoms with van der Waals surface area (Å²) in [4.78, 5) is 24.6. The number of rotatable bonds is 3. The summed E-state index contributed by atoms with van der Waals surface area (Å²) >= 11 is 12.6. The fraction of sp³-hybridized carbons (Fsp3) is 0.0556. The van der Waals surface area contributed by atoms with Crippen LogP contribution in [-0.2, 0) is 0 Å².